The average Bonchev–Trinajstić information content (AvgIpc) is 2.60. The number of non-ortho nitro benzene ring substituents is 2. The first-order valence-corrected chi connectivity index (χ1v) is 8.85. The number of benzene rings is 2. The van der Waals surface area contributed by atoms with Crippen LogP contribution in [0.2, 0.25) is 0 Å². The van der Waals surface area contributed by atoms with Gasteiger partial charge in [0.05, 0.1) is 41.8 Å². The highest BCUT2D eigenvalue weighted by atomic mass is 32.2. The number of nitro groups is 2. The van der Waals surface area contributed by atoms with Crippen LogP contribution in [0.15, 0.2) is 46.2 Å². The summed E-state index contributed by atoms with van der Waals surface area (Å²) in [6.45, 7) is 2.67. The molecule has 2 aromatic carbocycles. The van der Waals surface area contributed by atoms with Crippen molar-refractivity contribution in [3.63, 3.8) is 0 Å². The van der Waals surface area contributed by atoms with E-state index in [0.29, 0.717) is 27.7 Å². The molecule has 0 radical (unpaired) electrons. The molecule has 8 nitrogen and oxygen atoms in total. The summed E-state index contributed by atoms with van der Waals surface area (Å²) in [5.41, 5.74) is 0.963. The summed E-state index contributed by atoms with van der Waals surface area (Å²) in [6.07, 6.45) is 1.80. The van der Waals surface area contributed by atoms with Crippen molar-refractivity contribution in [3.05, 3.63) is 56.6 Å². The zero-order valence-electron chi connectivity index (χ0n) is 13.4. The standard InChI is InChI=1S/C16H15N3O5S/c1-2-3-8-17-13-6-4-11(18(20)21)9-15(13)25(24)16-10-12(19(22)23)5-7-14(16)17/h4-7,9-10H,2-3,8H2,1H3. The van der Waals surface area contributed by atoms with Crippen LogP contribution in [-0.4, -0.2) is 20.6 Å². The molecule has 0 saturated carbocycles. The third kappa shape index (κ3) is 2.98. The van der Waals surface area contributed by atoms with Gasteiger partial charge in [-0.1, -0.05) is 13.3 Å². The van der Waals surface area contributed by atoms with Crippen LogP contribution in [-0.2, 0) is 10.8 Å². The van der Waals surface area contributed by atoms with Crippen LogP contribution in [0.25, 0.3) is 0 Å². The summed E-state index contributed by atoms with van der Waals surface area (Å²) in [7, 11) is -1.72. The van der Waals surface area contributed by atoms with E-state index in [1.165, 1.54) is 24.3 Å². The SMILES string of the molecule is CCCCN1c2ccc([N+](=O)[O-])cc2S(=O)c2cc([N+](=O)[O-])ccc21. The van der Waals surface area contributed by atoms with Gasteiger partial charge in [0.2, 0.25) is 0 Å². The molecule has 1 heterocycles. The van der Waals surface area contributed by atoms with E-state index in [-0.39, 0.29) is 11.4 Å². The van der Waals surface area contributed by atoms with Crippen LogP contribution in [0.5, 0.6) is 0 Å². The second-order valence-corrected chi connectivity index (χ2v) is 7.01. The Kier molecular flexibility index (Phi) is 4.49. The first-order valence-electron chi connectivity index (χ1n) is 7.70. The summed E-state index contributed by atoms with van der Waals surface area (Å²) in [6, 6.07) is 8.51. The van der Waals surface area contributed by atoms with Crippen molar-refractivity contribution in [2.45, 2.75) is 29.6 Å². The van der Waals surface area contributed by atoms with Crippen molar-refractivity contribution in [3.8, 4) is 0 Å². The van der Waals surface area contributed by atoms with Gasteiger partial charge in [-0.05, 0) is 18.6 Å². The zero-order valence-corrected chi connectivity index (χ0v) is 14.2. The molecule has 1 aliphatic heterocycles. The van der Waals surface area contributed by atoms with Crippen LogP contribution in [0.1, 0.15) is 19.8 Å². The third-order valence-electron chi connectivity index (χ3n) is 4.02. The van der Waals surface area contributed by atoms with Crippen LogP contribution >= 0.6 is 0 Å². The number of nitrogens with zero attached hydrogens (tertiary/aromatic N) is 3. The third-order valence-corrected chi connectivity index (χ3v) is 5.48. The molecule has 0 fully saturated rings. The quantitative estimate of drug-likeness (QED) is 0.590. The van der Waals surface area contributed by atoms with E-state index in [2.05, 4.69) is 0 Å². The van der Waals surface area contributed by atoms with Gasteiger partial charge in [0.15, 0.2) is 0 Å². The highest BCUT2D eigenvalue weighted by Gasteiger charge is 2.31. The highest BCUT2D eigenvalue weighted by Crippen LogP contribution is 2.44. The maximum Gasteiger partial charge on any atom is 0.270 e. The average molecular weight is 361 g/mol. The maximum atomic E-state index is 12.9. The second kappa shape index (κ2) is 6.60. The van der Waals surface area contributed by atoms with E-state index in [1.807, 2.05) is 11.8 Å². The van der Waals surface area contributed by atoms with E-state index in [1.54, 1.807) is 12.1 Å². The minimum absolute atomic E-state index is 0.156. The van der Waals surface area contributed by atoms with Gasteiger partial charge in [0.1, 0.15) is 0 Å². The van der Waals surface area contributed by atoms with Gasteiger partial charge < -0.3 is 4.90 Å². The predicted octanol–water partition coefficient (Wildman–Crippen LogP) is 3.92. The molecule has 0 unspecified atom stereocenters. The lowest BCUT2D eigenvalue weighted by atomic mass is 10.2. The summed E-state index contributed by atoms with van der Waals surface area (Å²) in [5.74, 6) is 0. The monoisotopic (exact) mass is 361 g/mol. The number of anilines is 2. The Labute approximate surface area is 145 Å². The first kappa shape index (κ1) is 17.0. The summed E-state index contributed by atoms with van der Waals surface area (Å²) in [5, 5.41) is 22.1. The number of rotatable bonds is 5. The summed E-state index contributed by atoms with van der Waals surface area (Å²) < 4.78 is 12.9. The Morgan fingerprint density at radius 3 is 1.84 bits per heavy atom. The van der Waals surface area contributed by atoms with Crippen LogP contribution in [0.4, 0.5) is 22.7 Å². The number of hydrogen-bond donors (Lipinski definition) is 0. The van der Waals surface area contributed by atoms with Crippen LogP contribution < -0.4 is 4.90 Å². The number of fused-ring (bicyclic) bond motifs is 2. The molecule has 2 aromatic rings. The van der Waals surface area contributed by atoms with E-state index >= 15 is 0 Å². The van der Waals surface area contributed by atoms with E-state index in [9.17, 15) is 24.4 Å². The summed E-state index contributed by atoms with van der Waals surface area (Å²) in [4.78, 5) is 23.5. The maximum absolute atomic E-state index is 12.9. The molecule has 0 N–H and O–H groups in total. The molecule has 1 aliphatic rings. The van der Waals surface area contributed by atoms with Crippen molar-refractivity contribution >= 4 is 33.5 Å². The predicted molar refractivity (Wildman–Crippen MR) is 92.8 cm³/mol. The molecule has 0 spiro atoms. The molecule has 0 amide bonds. The van der Waals surface area contributed by atoms with Gasteiger partial charge in [-0.2, -0.15) is 0 Å². The molecular weight excluding hydrogens is 346 g/mol. The molecule has 0 aromatic heterocycles. The lowest BCUT2D eigenvalue weighted by Crippen LogP contribution is -2.25. The Balaban J connectivity index is 2.19. The van der Waals surface area contributed by atoms with Crippen molar-refractivity contribution in [1.82, 2.24) is 0 Å². The van der Waals surface area contributed by atoms with Gasteiger partial charge >= 0.3 is 0 Å². The van der Waals surface area contributed by atoms with Gasteiger partial charge in [0, 0.05) is 30.8 Å². The minimum atomic E-state index is -1.72. The zero-order chi connectivity index (χ0) is 18.1. The Bertz CT molecular complexity index is 832. The number of hydrogen-bond acceptors (Lipinski definition) is 6. The molecule has 0 saturated heterocycles. The van der Waals surface area contributed by atoms with Gasteiger partial charge in [-0.15, -0.1) is 0 Å². The van der Waals surface area contributed by atoms with E-state index < -0.39 is 20.6 Å². The lowest BCUT2D eigenvalue weighted by Gasteiger charge is -2.32. The highest BCUT2D eigenvalue weighted by molar-refractivity contribution is 7.85. The molecule has 9 heteroatoms. The van der Waals surface area contributed by atoms with Crippen molar-refractivity contribution in [2.75, 3.05) is 11.4 Å². The molecule has 0 bridgehead atoms. The number of unbranched alkanes of at least 4 members (excludes halogenated alkanes) is 1. The van der Waals surface area contributed by atoms with Crippen LogP contribution in [0.3, 0.4) is 0 Å². The van der Waals surface area contributed by atoms with Crippen LogP contribution in [0, 0.1) is 20.2 Å². The Hall–Kier alpha value is -2.81. The van der Waals surface area contributed by atoms with E-state index in [0.717, 1.165) is 12.8 Å². The lowest BCUT2D eigenvalue weighted by molar-refractivity contribution is -0.385. The fourth-order valence-corrected chi connectivity index (χ4v) is 4.21. The number of nitro benzene ring substituents is 2. The fourth-order valence-electron chi connectivity index (χ4n) is 2.78. The summed E-state index contributed by atoms with van der Waals surface area (Å²) >= 11 is 0. The normalized spacial score (nSPS) is 13.2. The van der Waals surface area contributed by atoms with Gasteiger partial charge in [-0.25, -0.2) is 4.21 Å². The minimum Gasteiger partial charge on any atom is -0.339 e. The second-order valence-electron chi connectivity index (χ2n) is 5.59. The topological polar surface area (TPSA) is 107 Å². The first-order chi connectivity index (χ1) is 11.9. The molecule has 0 atom stereocenters. The van der Waals surface area contributed by atoms with Crippen molar-refractivity contribution < 1.29 is 14.1 Å². The van der Waals surface area contributed by atoms with E-state index in [4.69, 9.17) is 0 Å². The Morgan fingerprint density at radius 1 is 0.960 bits per heavy atom. The van der Waals surface area contributed by atoms with Gasteiger partial charge in [-0.3, -0.25) is 20.2 Å². The molecule has 3 rings (SSSR count). The Morgan fingerprint density at radius 2 is 1.44 bits per heavy atom. The van der Waals surface area contributed by atoms with Gasteiger partial charge in [0.25, 0.3) is 11.4 Å². The largest absolute Gasteiger partial charge is 0.339 e. The van der Waals surface area contributed by atoms with Crippen molar-refractivity contribution in [1.29, 1.82) is 0 Å². The fraction of sp³-hybridized carbons (Fsp3) is 0.250. The molecular formula is C16H15N3O5S. The molecule has 25 heavy (non-hydrogen) atoms. The van der Waals surface area contributed by atoms with Crippen molar-refractivity contribution in [2.24, 2.45) is 0 Å². The molecule has 0 aliphatic carbocycles. The smallest absolute Gasteiger partial charge is 0.270 e. The molecule has 130 valence electrons.